The first kappa shape index (κ1) is 15.5. The summed E-state index contributed by atoms with van der Waals surface area (Å²) in [4.78, 5) is 0.540. The lowest BCUT2D eigenvalue weighted by atomic mass is 10.2. The monoisotopic (exact) mass is 342 g/mol. The molecule has 0 radical (unpaired) electrons. The van der Waals surface area contributed by atoms with E-state index in [1.807, 2.05) is 36.4 Å². The molecule has 0 spiro atoms. The zero-order valence-electron chi connectivity index (χ0n) is 11.9. The van der Waals surface area contributed by atoms with Crippen molar-refractivity contribution in [2.45, 2.75) is 15.8 Å². The summed E-state index contributed by atoms with van der Waals surface area (Å²) in [5.74, 6) is -0.524. The fourth-order valence-corrected chi connectivity index (χ4v) is 3.70. The van der Waals surface area contributed by atoms with E-state index in [-0.39, 0.29) is 5.56 Å². The van der Waals surface area contributed by atoms with Gasteiger partial charge in [-0.1, -0.05) is 59.5 Å². The van der Waals surface area contributed by atoms with Gasteiger partial charge in [-0.3, -0.25) is 0 Å². The van der Waals surface area contributed by atoms with Crippen molar-refractivity contribution < 1.29 is 4.39 Å². The molecule has 0 amide bonds. The zero-order chi connectivity index (χ0) is 16.1. The molecular weight excluding hydrogens is 331 g/mol. The average Bonchev–Trinajstić information content (AvgIpc) is 3.02. The number of aromatic nitrogens is 2. The van der Waals surface area contributed by atoms with Gasteiger partial charge in [0.25, 0.3) is 0 Å². The van der Waals surface area contributed by atoms with Crippen LogP contribution in [0.4, 0.5) is 9.52 Å². The molecule has 0 saturated carbocycles. The van der Waals surface area contributed by atoms with Gasteiger partial charge in [0.1, 0.15) is 17.4 Å². The lowest BCUT2D eigenvalue weighted by Gasteiger charge is -2.01. The van der Waals surface area contributed by atoms with Gasteiger partial charge in [0.2, 0.25) is 5.13 Å². The molecule has 0 aliphatic carbocycles. The van der Waals surface area contributed by atoms with Crippen LogP contribution in [0.15, 0.2) is 57.8 Å². The second kappa shape index (κ2) is 7.22. The number of anilines is 1. The summed E-state index contributed by atoms with van der Waals surface area (Å²) in [5, 5.41) is 21.1. The van der Waals surface area contributed by atoms with Crippen LogP contribution in [0.5, 0.6) is 0 Å². The predicted octanol–water partition coefficient (Wildman–Crippen LogP) is 4.31. The van der Waals surface area contributed by atoms with E-state index in [0.29, 0.717) is 20.9 Å². The summed E-state index contributed by atoms with van der Waals surface area (Å²) in [6.07, 6.45) is 0. The quantitative estimate of drug-likeness (QED) is 0.748. The molecule has 0 bridgehead atoms. The van der Waals surface area contributed by atoms with Gasteiger partial charge in [-0.2, -0.15) is 5.26 Å². The van der Waals surface area contributed by atoms with Crippen LogP contribution in [0.25, 0.3) is 0 Å². The normalized spacial score (nSPS) is 10.3. The van der Waals surface area contributed by atoms with Crippen LogP contribution in [0.1, 0.15) is 11.1 Å². The standard InChI is InChI=1S/C16H11FN4S2/c17-13-7-4-8-14(12(13)9-18)22-16-21-20-15(23-16)19-10-11-5-2-1-3-6-11/h1-8H,10H2,(H,19,20). The molecule has 0 saturated heterocycles. The first-order valence-corrected chi connectivity index (χ1v) is 8.37. The summed E-state index contributed by atoms with van der Waals surface area (Å²) < 4.78 is 14.2. The van der Waals surface area contributed by atoms with Crippen LogP contribution in [0, 0.1) is 17.1 Å². The molecule has 23 heavy (non-hydrogen) atoms. The Morgan fingerprint density at radius 3 is 2.74 bits per heavy atom. The minimum absolute atomic E-state index is 0.0338. The van der Waals surface area contributed by atoms with E-state index in [1.165, 1.54) is 29.2 Å². The van der Waals surface area contributed by atoms with Gasteiger partial charge >= 0.3 is 0 Å². The molecule has 4 nitrogen and oxygen atoms in total. The first-order valence-electron chi connectivity index (χ1n) is 6.74. The molecule has 3 aromatic rings. The topological polar surface area (TPSA) is 61.6 Å². The molecule has 0 aliphatic heterocycles. The molecular formula is C16H11FN4S2. The van der Waals surface area contributed by atoms with E-state index in [0.717, 1.165) is 5.56 Å². The molecule has 0 unspecified atom stereocenters. The molecule has 0 fully saturated rings. The maximum atomic E-state index is 13.6. The highest BCUT2D eigenvalue weighted by atomic mass is 32.2. The lowest BCUT2D eigenvalue weighted by Crippen LogP contribution is -1.98. The van der Waals surface area contributed by atoms with E-state index in [9.17, 15) is 4.39 Å². The molecule has 1 heterocycles. The Hall–Kier alpha value is -2.43. The Morgan fingerprint density at radius 1 is 1.13 bits per heavy atom. The number of nitrogens with zero attached hydrogens (tertiary/aromatic N) is 3. The highest BCUT2D eigenvalue weighted by molar-refractivity contribution is 8.01. The number of nitriles is 1. The predicted molar refractivity (Wildman–Crippen MR) is 88.9 cm³/mol. The Kier molecular flexibility index (Phi) is 4.86. The van der Waals surface area contributed by atoms with Crippen LogP contribution in [-0.4, -0.2) is 10.2 Å². The summed E-state index contributed by atoms with van der Waals surface area (Å²) in [6, 6.07) is 16.4. The highest BCUT2D eigenvalue weighted by Crippen LogP contribution is 2.34. The second-order valence-electron chi connectivity index (χ2n) is 4.54. The van der Waals surface area contributed by atoms with Gasteiger partial charge in [0, 0.05) is 11.4 Å². The van der Waals surface area contributed by atoms with Crippen molar-refractivity contribution in [3.8, 4) is 6.07 Å². The highest BCUT2D eigenvalue weighted by Gasteiger charge is 2.12. The van der Waals surface area contributed by atoms with Crippen LogP contribution in [-0.2, 0) is 6.54 Å². The number of hydrogen-bond donors (Lipinski definition) is 1. The maximum absolute atomic E-state index is 13.6. The third kappa shape index (κ3) is 3.86. The summed E-state index contributed by atoms with van der Waals surface area (Å²) in [5.41, 5.74) is 1.18. The Labute approximate surface area is 141 Å². The van der Waals surface area contributed by atoms with Crippen LogP contribution >= 0.6 is 23.1 Å². The fourth-order valence-electron chi connectivity index (χ4n) is 1.89. The molecule has 1 N–H and O–H groups in total. The molecule has 114 valence electrons. The van der Waals surface area contributed by atoms with E-state index in [4.69, 9.17) is 5.26 Å². The van der Waals surface area contributed by atoms with Gasteiger partial charge < -0.3 is 5.32 Å². The summed E-state index contributed by atoms with van der Waals surface area (Å²) >= 11 is 2.61. The average molecular weight is 342 g/mol. The molecule has 0 aliphatic rings. The Bertz CT molecular complexity index is 843. The van der Waals surface area contributed by atoms with Crippen molar-refractivity contribution in [2.75, 3.05) is 5.32 Å². The first-order chi connectivity index (χ1) is 11.3. The van der Waals surface area contributed by atoms with E-state index in [2.05, 4.69) is 15.5 Å². The fraction of sp³-hybridized carbons (Fsp3) is 0.0625. The number of hydrogen-bond acceptors (Lipinski definition) is 6. The third-order valence-corrected chi connectivity index (χ3v) is 4.97. The number of halogens is 1. The van der Waals surface area contributed by atoms with Gasteiger partial charge in [-0.05, 0) is 17.7 Å². The third-order valence-electron chi connectivity index (χ3n) is 2.98. The van der Waals surface area contributed by atoms with Crippen molar-refractivity contribution in [1.29, 1.82) is 5.26 Å². The Balaban J connectivity index is 1.68. The maximum Gasteiger partial charge on any atom is 0.206 e. The Morgan fingerprint density at radius 2 is 1.96 bits per heavy atom. The van der Waals surface area contributed by atoms with Crippen molar-refractivity contribution in [3.63, 3.8) is 0 Å². The number of nitrogens with one attached hydrogen (secondary N) is 1. The van der Waals surface area contributed by atoms with Crippen molar-refractivity contribution in [2.24, 2.45) is 0 Å². The van der Waals surface area contributed by atoms with E-state index >= 15 is 0 Å². The van der Waals surface area contributed by atoms with E-state index in [1.54, 1.807) is 12.1 Å². The largest absolute Gasteiger partial charge is 0.356 e. The lowest BCUT2D eigenvalue weighted by molar-refractivity contribution is 0.620. The number of rotatable bonds is 5. The summed E-state index contributed by atoms with van der Waals surface area (Å²) in [7, 11) is 0. The SMILES string of the molecule is N#Cc1c(F)cccc1Sc1nnc(NCc2ccccc2)s1. The minimum atomic E-state index is -0.524. The van der Waals surface area contributed by atoms with Gasteiger partial charge in [0.15, 0.2) is 4.34 Å². The van der Waals surface area contributed by atoms with E-state index < -0.39 is 5.82 Å². The van der Waals surface area contributed by atoms with Crippen LogP contribution < -0.4 is 5.32 Å². The van der Waals surface area contributed by atoms with Gasteiger partial charge in [-0.15, -0.1) is 10.2 Å². The summed E-state index contributed by atoms with van der Waals surface area (Å²) in [6.45, 7) is 0.656. The molecule has 1 aromatic heterocycles. The minimum Gasteiger partial charge on any atom is -0.356 e. The van der Waals surface area contributed by atoms with Gasteiger partial charge in [-0.25, -0.2) is 4.39 Å². The molecule has 7 heteroatoms. The molecule has 3 rings (SSSR count). The van der Waals surface area contributed by atoms with Crippen LogP contribution in [0.3, 0.4) is 0 Å². The van der Waals surface area contributed by atoms with Crippen molar-refractivity contribution in [3.05, 3.63) is 65.5 Å². The smallest absolute Gasteiger partial charge is 0.206 e. The molecule has 2 aromatic carbocycles. The molecule has 0 atom stereocenters. The zero-order valence-corrected chi connectivity index (χ0v) is 13.5. The second-order valence-corrected chi connectivity index (χ2v) is 6.81. The van der Waals surface area contributed by atoms with Crippen molar-refractivity contribution >= 4 is 28.2 Å². The van der Waals surface area contributed by atoms with Crippen molar-refractivity contribution in [1.82, 2.24) is 10.2 Å². The number of benzene rings is 2. The van der Waals surface area contributed by atoms with Crippen LogP contribution in [0.2, 0.25) is 0 Å². The van der Waals surface area contributed by atoms with Gasteiger partial charge in [0.05, 0.1) is 0 Å².